The zero-order valence-electron chi connectivity index (χ0n) is 13.6. The smallest absolute Gasteiger partial charge is 0.320 e. The fourth-order valence-electron chi connectivity index (χ4n) is 2.92. The van der Waals surface area contributed by atoms with Gasteiger partial charge in [-0.2, -0.15) is 0 Å². The van der Waals surface area contributed by atoms with Gasteiger partial charge in [-0.05, 0) is 33.3 Å². The number of rotatable bonds is 3. The molecule has 1 aromatic carbocycles. The van der Waals surface area contributed by atoms with Gasteiger partial charge >= 0.3 is 6.03 Å². The lowest BCUT2D eigenvalue weighted by Gasteiger charge is -2.46. The number of nitrogens with one attached hydrogen (secondary N) is 1. The third-order valence-electron chi connectivity index (χ3n) is 4.18. The fraction of sp³-hybridized carbons (Fsp3) is 0.588. The molecule has 4 nitrogen and oxygen atoms in total. The molecule has 0 aromatic heterocycles. The topological polar surface area (TPSA) is 35.6 Å². The van der Waals surface area contributed by atoms with Crippen LogP contribution in [0.15, 0.2) is 30.3 Å². The highest BCUT2D eigenvalue weighted by Crippen LogP contribution is 2.28. The second-order valence-electron chi connectivity index (χ2n) is 6.27. The number of nitrogens with zero attached hydrogens (tertiary/aromatic N) is 2. The Hall–Kier alpha value is -1.55. The first-order chi connectivity index (χ1) is 9.98. The first kappa shape index (κ1) is 15.8. The summed E-state index contributed by atoms with van der Waals surface area (Å²) in [5.41, 5.74) is 1.15. The number of carbonyl (C=O) groups excluding carboxylic acids is 1. The number of carbonyl (C=O) groups is 1. The molecule has 116 valence electrons. The maximum absolute atomic E-state index is 12.9. The van der Waals surface area contributed by atoms with Gasteiger partial charge in [0.15, 0.2) is 0 Å². The second kappa shape index (κ2) is 6.48. The fourth-order valence-corrected chi connectivity index (χ4v) is 2.92. The van der Waals surface area contributed by atoms with Crippen LogP contribution < -0.4 is 5.32 Å². The summed E-state index contributed by atoms with van der Waals surface area (Å²) < 4.78 is 0. The van der Waals surface area contributed by atoms with E-state index in [0.717, 1.165) is 26.2 Å². The van der Waals surface area contributed by atoms with E-state index < -0.39 is 0 Å². The van der Waals surface area contributed by atoms with Crippen molar-refractivity contribution in [3.8, 4) is 0 Å². The van der Waals surface area contributed by atoms with Crippen molar-refractivity contribution in [2.45, 2.75) is 39.3 Å². The third-order valence-corrected chi connectivity index (χ3v) is 4.18. The minimum Gasteiger partial charge on any atom is -0.325 e. The van der Waals surface area contributed by atoms with Crippen molar-refractivity contribution in [3.05, 3.63) is 35.9 Å². The number of urea groups is 1. The first-order valence-corrected chi connectivity index (χ1v) is 7.84. The average molecular weight is 289 g/mol. The molecule has 0 bridgehead atoms. The highest BCUT2D eigenvalue weighted by Gasteiger charge is 2.37. The Bertz CT molecular complexity index is 468. The molecule has 1 atom stereocenters. The van der Waals surface area contributed by atoms with Crippen LogP contribution in [-0.2, 0) is 0 Å². The molecule has 0 spiro atoms. The number of hydrogen-bond donors (Lipinski definition) is 1. The van der Waals surface area contributed by atoms with Crippen LogP contribution in [0.1, 0.15) is 39.3 Å². The quantitative estimate of drug-likeness (QED) is 0.928. The number of piperazine rings is 1. The van der Waals surface area contributed by atoms with Crippen molar-refractivity contribution in [2.75, 3.05) is 26.2 Å². The standard InChI is InChI=1S/C17H27N3O/c1-5-19(6-2)16(21)20-13-17(3,4)18-12-15(20)14-10-8-7-9-11-14/h7-11,15,18H,5-6,12-13H2,1-4H3. The van der Waals surface area contributed by atoms with Crippen molar-refractivity contribution in [1.82, 2.24) is 15.1 Å². The number of hydrogen-bond acceptors (Lipinski definition) is 2. The maximum Gasteiger partial charge on any atom is 0.320 e. The second-order valence-corrected chi connectivity index (χ2v) is 6.27. The first-order valence-electron chi connectivity index (χ1n) is 7.84. The molecule has 1 N–H and O–H groups in total. The Morgan fingerprint density at radius 3 is 2.48 bits per heavy atom. The van der Waals surface area contributed by atoms with Gasteiger partial charge in [0.05, 0.1) is 6.04 Å². The minimum atomic E-state index is -0.0475. The predicted molar refractivity (Wildman–Crippen MR) is 86.3 cm³/mol. The van der Waals surface area contributed by atoms with E-state index in [4.69, 9.17) is 0 Å². The van der Waals surface area contributed by atoms with E-state index in [1.165, 1.54) is 5.56 Å². The molecule has 1 fully saturated rings. The van der Waals surface area contributed by atoms with Gasteiger partial charge in [-0.1, -0.05) is 30.3 Å². The summed E-state index contributed by atoms with van der Waals surface area (Å²) in [6.45, 7) is 11.4. The van der Waals surface area contributed by atoms with Crippen LogP contribution in [0.3, 0.4) is 0 Å². The van der Waals surface area contributed by atoms with Crippen LogP contribution in [0, 0.1) is 0 Å². The minimum absolute atomic E-state index is 0.0475. The Labute approximate surface area is 128 Å². The van der Waals surface area contributed by atoms with Crippen LogP contribution in [0.4, 0.5) is 4.79 Å². The Morgan fingerprint density at radius 2 is 1.90 bits per heavy atom. The molecule has 0 aliphatic carbocycles. The summed E-state index contributed by atoms with van der Waals surface area (Å²) in [6.07, 6.45) is 0. The highest BCUT2D eigenvalue weighted by atomic mass is 16.2. The normalized spacial score (nSPS) is 21.1. The molecule has 1 aliphatic heterocycles. The van der Waals surface area contributed by atoms with Crippen LogP contribution in [0.5, 0.6) is 0 Å². The maximum atomic E-state index is 12.9. The molecule has 2 amide bonds. The third kappa shape index (κ3) is 3.56. The van der Waals surface area contributed by atoms with E-state index in [1.54, 1.807) is 0 Å². The zero-order valence-corrected chi connectivity index (χ0v) is 13.6. The molecule has 1 saturated heterocycles. The van der Waals surface area contributed by atoms with Crippen molar-refractivity contribution in [1.29, 1.82) is 0 Å². The summed E-state index contributed by atoms with van der Waals surface area (Å²) in [4.78, 5) is 16.8. The average Bonchev–Trinajstić information content (AvgIpc) is 2.48. The van der Waals surface area contributed by atoms with Crippen LogP contribution >= 0.6 is 0 Å². The summed E-state index contributed by atoms with van der Waals surface area (Å²) in [6, 6.07) is 10.5. The highest BCUT2D eigenvalue weighted by molar-refractivity contribution is 5.75. The lowest BCUT2D eigenvalue weighted by molar-refractivity contribution is 0.0898. The van der Waals surface area contributed by atoms with Gasteiger partial charge < -0.3 is 15.1 Å². The van der Waals surface area contributed by atoms with Crippen LogP contribution in [0.25, 0.3) is 0 Å². The van der Waals surface area contributed by atoms with Crippen LogP contribution in [-0.4, -0.2) is 47.5 Å². The molecule has 4 heteroatoms. The Morgan fingerprint density at radius 1 is 1.29 bits per heavy atom. The predicted octanol–water partition coefficient (Wildman–Crippen LogP) is 2.87. The Kier molecular flexibility index (Phi) is 4.88. The molecule has 1 heterocycles. The van der Waals surface area contributed by atoms with E-state index in [2.05, 4.69) is 31.3 Å². The lowest BCUT2D eigenvalue weighted by atomic mass is 9.95. The molecule has 1 aromatic rings. The molecule has 21 heavy (non-hydrogen) atoms. The van der Waals surface area contributed by atoms with Gasteiger partial charge in [-0.3, -0.25) is 0 Å². The summed E-state index contributed by atoms with van der Waals surface area (Å²) >= 11 is 0. The van der Waals surface area contributed by atoms with Gasteiger partial charge in [0.2, 0.25) is 0 Å². The molecule has 1 unspecified atom stereocenters. The number of benzene rings is 1. The van der Waals surface area contributed by atoms with E-state index in [9.17, 15) is 4.79 Å². The summed E-state index contributed by atoms with van der Waals surface area (Å²) in [7, 11) is 0. The van der Waals surface area contributed by atoms with E-state index in [0.29, 0.717) is 0 Å². The monoisotopic (exact) mass is 289 g/mol. The largest absolute Gasteiger partial charge is 0.325 e. The lowest BCUT2D eigenvalue weighted by Crippen LogP contribution is -2.61. The van der Waals surface area contributed by atoms with Crippen molar-refractivity contribution < 1.29 is 4.79 Å². The van der Waals surface area contributed by atoms with Gasteiger partial charge in [0.1, 0.15) is 0 Å². The SMILES string of the molecule is CCN(CC)C(=O)N1CC(C)(C)NCC1c1ccccc1. The summed E-state index contributed by atoms with van der Waals surface area (Å²) in [5, 5.41) is 3.55. The zero-order chi connectivity index (χ0) is 15.5. The van der Waals surface area contributed by atoms with E-state index in [1.807, 2.05) is 41.8 Å². The Balaban J connectivity index is 2.28. The van der Waals surface area contributed by atoms with Crippen molar-refractivity contribution in [3.63, 3.8) is 0 Å². The van der Waals surface area contributed by atoms with Gasteiger partial charge in [0, 0.05) is 31.7 Å². The summed E-state index contributed by atoms with van der Waals surface area (Å²) in [5.74, 6) is 0. The molecule has 0 radical (unpaired) electrons. The molecule has 2 rings (SSSR count). The molecular weight excluding hydrogens is 262 g/mol. The number of amides is 2. The van der Waals surface area contributed by atoms with Gasteiger partial charge in [0.25, 0.3) is 0 Å². The van der Waals surface area contributed by atoms with Crippen molar-refractivity contribution >= 4 is 6.03 Å². The van der Waals surface area contributed by atoms with E-state index >= 15 is 0 Å². The molecule has 1 aliphatic rings. The molecular formula is C17H27N3O. The van der Waals surface area contributed by atoms with E-state index in [-0.39, 0.29) is 17.6 Å². The van der Waals surface area contributed by atoms with Gasteiger partial charge in [-0.25, -0.2) is 4.79 Å². The van der Waals surface area contributed by atoms with Crippen molar-refractivity contribution in [2.24, 2.45) is 0 Å². The molecule has 0 saturated carbocycles. The van der Waals surface area contributed by atoms with Crippen LogP contribution in [0.2, 0.25) is 0 Å². The van der Waals surface area contributed by atoms with Gasteiger partial charge in [-0.15, -0.1) is 0 Å².